The van der Waals surface area contributed by atoms with E-state index in [1.807, 2.05) is 24.3 Å². The van der Waals surface area contributed by atoms with Gasteiger partial charge in [-0.25, -0.2) is 4.79 Å². The Kier molecular flexibility index (Phi) is 4.72. The largest absolute Gasteiger partial charge is 0.481 e. The summed E-state index contributed by atoms with van der Waals surface area (Å²) in [6, 6.07) is 14.2. The molecule has 1 aliphatic rings. The van der Waals surface area contributed by atoms with Crippen LogP contribution in [0.4, 0.5) is 5.69 Å². The van der Waals surface area contributed by atoms with E-state index in [2.05, 4.69) is 20.8 Å². The van der Waals surface area contributed by atoms with Crippen LogP contribution in [0, 0.1) is 0 Å². The Hall–Kier alpha value is -2.82. The zero-order valence-electron chi connectivity index (χ0n) is 15.2. The minimum atomic E-state index is -1.01. The van der Waals surface area contributed by atoms with Crippen LogP contribution in [0.25, 0.3) is 0 Å². The first-order chi connectivity index (χ1) is 12.3. The number of anilines is 1. The van der Waals surface area contributed by atoms with Gasteiger partial charge < -0.3 is 14.7 Å². The van der Waals surface area contributed by atoms with Gasteiger partial charge >= 0.3 is 5.97 Å². The first-order valence-electron chi connectivity index (χ1n) is 8.67. The number of carbonyl (C=O) groups excluding carboxylic acids is 1. The van der Waals surface area contributed by atoms with E-state index in [9.17, 15) is 9.59 Å². The van der Waals surface area contributed by atoms with Crippen molar-refractivity contribution in [2.24, 2.45) is 0 Å². The molecule has 5 nitrogen and oxygen atoms in total. The number of carboxylic acid groups (broad SMARTS) is 1. The van der Waals surface area contributed by atoms with Crippen molar-refractivity contribution in [2.75, 3.05) is 11.4 Å². The number of hydrogen-bond acceptors (Lipinski definition) is 3. The Morgan fingerprint density at radius 1 is 1.15 bits per heavy atom. The SMILES string of the molecule is CC(C)(C)c1ccc(O[C@H]2CCN(c3cccc(C(=O)O)c3)C2=O)cc1. The summed E-state index contributed by atoms with van der Waals surface area (Å²) in [5.41, 5.74) is 2.02. The van der Waals surface area contributed by atoms with Crippen molar-refractivity contribution in [3.05, 3.63) is 59.7 Å². The van der Waals surface area contributed by atoms with Crippen molar-refractivity contribution in [1.82, 2.24) is 0 Å². The highest BCUT2D eigenvalue weighted by Crippen LogP contribution is 2.28. The van der Waals surface area contributed by atoms with Crippen molar-refractivity contribution in [3.8, 4) is 5.75 Å². The van der Waals surface area contributed by atoms with Crippen LogP contribution in [0.2, 0.25) is 0 Å². The third kappa shape index (κ3) is 3.72. The van der Waals surface area contributed by atoms with Gasteiger partial charge in [0.2, 0.25) is 0 Å². The molecule has 0 aliphatic carbocycles. The molecular weight excluding hydrogens is 330 g/mol. The summed E-state index contributed by atoms with van der Waals surface area (Å²) in [5, 5.41) is 9.12. The van der Waals surface area contributed by atoms with Gasteiger partial charge in [0.1, 0.15) is 5.75 Å². The van der Waals surface area contributed by atoms with Gasteiger partial charge in [0, 0.05) is 18.7 Å². The molecule has 1 N–H and O–H groups in total. The lowest BCUT2D eigenvalue weighted by molar-refractivity contribution is -0.122. The Morgan fingerprint density at radius 2 is 1.85 bits per heavy atom. The quantitative estimate of drug-likeness (QED) is 0.906. The van der Waals surface area contributed by atoms with Crippen LogP contribution in [0.1, 0.15) is 43.1 Å². The van der Waals surface area contributed by atoms with Gasteiger partial charge in [-0.1, -0.05) is 39.0 Å². The number of aromatic carboxylic acids is 1. The number of benzene rings is 2. The fourth-order valence-corrected chi connectivity index (χ4v) is 3.02. The van der Waals surface area contributed by atoms with E-state index in [-0.39, 0.29) is 16.9 Å². The molecule has 1 heterocycles. The number of carbonyl (C=O) groups is 2. The van der Waals surface area contributed by atoms with E-state index < -0.39 is 12.1 Å². The molecule has 136 valence electrons. The number of hydrogen-bond donors (Lipinski definition) is 1. The molecule has 2 aromatic rings. The van der Waals surface area contributed by atoms with Crippen LogP contribution < -0.4 is 9.64 Å². The number of amides is 1. The smallest absolute Gasteiger partial charge is 0.335 e. The summed E-state index contributed by atoms with van der Waals surface area (Å²) in [6.07, 6.45) is 0.0147. The van der Waals surface area contributed by atoms with Gasteiger partial charge in [-0.3, -0.25) is 4.79 Å². The minimum Gasteiger partial charge on any atom is -0.481 e. The second-order valence-corrected chi connectivity index (χ2v) is 7.51. The molecule has 1 aliphatic heterocycles. The van der Waals surface area contributed by atoms with E-state index in [1.165, 1.54) is 17.7 Å². The van der Waals surface area contributed by atoms with E-state index in [0.717, 1.165) is 0 Å². The first-order valence-corrected chi connectivity index (χ1v) is 8.67. The maximum Gasteiger partial charge on any atom is 0.335 e. The lowest BCUT2D eigenvalue weighted by Crippen LogP contribution is -2.32. The molecule has 3 rings (SSSR count). The number of carboxylic acids is 1. The third-order valence-corrected chi connectivity index (χ3v) is 4.56. The van der Waals surface area contributed by atoms with Crippen molar-refractivity contribution < 1.29 is 19.4 Å². The molecule has 2 aromatic carbocycles. The van der Waals surface area contributed by atoms with Crippen LogP contribution in [0.15, 0.2) is 48.5 Å². The summed E-state index contributed by atoms with van der Waals surface area (Å²) in [7, 11) is 0. The van der Waals surface area contributed by atoms with E-state index in [4.69, 9.17) is 9.84 Å². The zero-order chi connectivity index (χ0) is 18.9. The van der Waals surface area contributed by atoms with Gasteiger partial charge in [-0.2, -0.15) is 0 Å². The van der Waals surface area contributed by atoms with Crippen LogP contribution in [-0.4, -0.2) is 29.6 Å². The van der Waals surface area contributed by atoms with E-state index in [0.29, 0.717) is 24.4 Å². The predicted octanol–water partition coefficient (Wildman–Crippen LogP) is 3.87. The highest BCUT2D eigenvalue weighted by atomic mass is 16.5. The molecule has 0 aromatic heterocycles. The molecule has 26 heavy (non-hydrogen) atoms. The second kappa shape index (κ2) is 6.83. The maximum atomic E-state index is 12.7. The monoisotopic (exact) mass is 353 g/mol. The minimum absolute atomic E-state index is 0.0632. The highest BCUT2D eigenvalue weighted by molar-refractivity contribution is 6.00. The van der Waals surface area contributed by atoms with Crippen LogP contribution in [0.3, 0.4) is 0 Å². The predicted molar refractivity (Wildman–Crippen MR) is 99.9 cm³/mol. The van der Waals surface area contributed by atoms with Crippen molar-refractivity contribution >= 4 is 17.6 Å². The molecule has 0 bridgehead atoms. The molecule has 1 saturated heterocycles. The summed E-state index contributed by atoms with van der Waals surface area (Å²) in [4.78, 5) is 25.4. The van der Waals surface area contributed by atoms with Crippen molar-refractivity contribution in [3.63, 3.8) is 0 Å². The van der Waals surface area contributed by atoms with Crippen molar-refractivity contribution in [1.29, 1.82) is 0 Å². The normalized spacial score (nSPS) is 17.4. The molecule has 1 amide bonds. The van der Waals surface area contributed by atoms with Gasteiger partial charge in [0.25, 0.3) is 5.91 Å². The Balaban J connectivity index is 1.71. The van der Waals surface area contributed by atoms with Gasteiger partial charge in [-0.15, -0.1) is 0 Å². The molecule has 1 atom stereocenters. The second-order valence-electron chi connectivity index (χ2n) is 7.51. The highest BCUT2D eigenvalue weighted by Gasteiger charge is 2.34. The van der Waals surface area contributed by atoms with Crippen LogP contribution in [0.5, 0.6) is 5.75 Å². The van der Waals surface area contributed by atoms with Gasteiger partial charge in [-0.05, 0) is 41.3 Å². The first kappa shape index (κ1) is 18.0. The molecule has 0 unspecified atom stereocenters. The molecule has 1 fully saturated rings. The lowest BCUT2D eigenvalue weighted by atomic mass is 9.87. The number of rotatable bonds is 4. The molecular formula is C21H23NO4. The maximum absolute atomic E-state index is 12.7. The summed E-state index contributed by atoms with van der Waals surface area (Å²) < 4.78 is 5.88. The molecule has 0 saturated carbocycles. The fraction of sp³-hybridized carbons (Fsp3) is 0.333. The summed E-state index contributed by atoms with van der Waals surface area (Å²) in [5.74, 6) is -0.491. The Labute approximate surface area is 153 Å². The van der Waals surface area contributed by atoms with Crippen LogP contribution in [-0.2, 0) is 10.2 Å². The van der Waals surface area contributed by atoms with Gasteiger partial charge in [0.15, 0.2) is 6.10 Å². The number of nitrogens with zero attached hydrogens (tertiary/aromatic N) is 1. The van der Waals surface area contributed by atoms with Crippen LogP contribution >= 0.6 is 0 Å². The summed E-state index contributed by atoms with van der Waals surface area (Å²) >= 11 is 0. The van der Waals surface area contributed by atoms with E-state index >= 15 is 0 Å². The zero-order valence-corrected chi connectivity index (χ0v) is 15.2. The topological polar surface area (TPSA) is 66.8 Å². The average molecular weight is 353 g/mol. The third-order valence-electron chi connectivity index (χ3n) is 4.56. The van der Waals surface area contributed by atoms with Gasteiger partial charge in [0.05, 0.1) is 5.56 Å². The molecule has 0 spiro atoms. The standard InChI is InChI=1S/C21H23NO4/c1-21(2,3)15-7-9-17(10-8-15)26-18-11-12-22(19(18)23)16-6-4-5-14(13-16)20(24)25/h4-10,13,18H,11-12H2,1-3H3,(H,24,25)/t18-/m0/s1. The summed E-state index contributed by atoms with van der Waals surface area (Å²) in [6.45, 7) is 6.94. The van der Waals surface area contributed by atoms with E-state index in [1.54, 1.807) is 17.0 Å². The lowest BCUT2D eigenvalue weighted by Gasteiger charge is -2.20. The van der Waals surface area contributed by atoms with Crippen molar-refractivity contribution in [2.45, 2.75) is 38.7 Å². The fourth-order valence-electron chi connectivity index (χ4n) is 3.02. The molecule has 5 heteroatoms. The Bertz CT molecular complexity index is 821. The number of ether oxygens (including phenoxy) is 1. The Morgan fingerprint density at radius 3 is 2.46 bits per heavy atom. The molecule has 0 radical (unpaired) electrons. The average Bonchev–Trinajstić information content (AvgIpc) is 2.95.